The van der Waals surface area contributed by atoms with Gasteiger partial charge >= 0.3 is 0 Å². The molecule has 1 heterocycles. The highest BCUT2D eigenvalue weighted by molar-refractivity contribution is 5.84. The lowest BCUT2D eigenvalue weighted by Crippen LogP contribution is -2.08. The Bertz CT molecular complexity index is 963. The van der Waals surface area contributed by atoms with E-state index in [0.29, 0.717) is 28.2 Å². The second kappa shape index (κ2) is 6.75. The molecule has 0 saturated heterocycles. The Morgan fingerprint density at radius 3 is 2.36 bits per heavy atom. The lowest BCUT2D eigenvalue weighted by molar-refractivity contribution is 0.409. The van der Waals surface area contributed by atoms with Crippen molar-refractivity contribution in [3.8, 4) is 16.9 Å². The van der Waals surface area contributed by atoms with E-state index in [1.807, 2.05) is 38.1 Å². The molecule has 3 rings (SSSR count). The molecule has 3 heteroatoms. The van der Waals surface area contributed by atoms with Gasteiger partial charge in [-0.05, 0) is 42.0 Å². The van der Waals surface area contributed by atoms with Crippen LogP contribution in [0.4, 0.5) is 0 Å². The van der Waals surface area contributed by atoms with Crippen LogP contribution in [0.15, 0.2) is 45.6 Å². The van der Waals surface area contributed by atoms with Gasteiger partial charge in [-0.25, -0.2) is 0 Å². The van der Waals surface area contributed by atoms with Gasteiger partial charge in [0.25, 0.3) is 0 Å². The zero-order chi connectivity index (χ0) is 18.1. The van der Waals surface area contributed by atoms with Gasteiger partial charge in [-0.15, -0.1) is 0 Å². The van der Waals surface area contributed by atoms with Crippen LogP contribution >= 0.6 is 0 Å². The molecule has 0 atom stereocenters. The van der Waals surface area contributed by atoms with Crippen LogP contribution in [0.1, 0.15) is 43.6 Å². The third-order valence-corrected chi connectivity index (χ3v) is 4.72. The van der Waals surface area contributed by atoms with E-state index in [1.54, 1.807) is 7.11 Å². The Kier molecular flexibility index (Phi) is 4.67. The molecule has 0 unspecified atom stereocenters. The van der Waals surface area contributed by atoms with Crippen molar-refractivity contribution in [2.24, 2.45) is 0 Å². The Labute approximate surface area is 148 Å². The van der Waals surface area contributed by atoms with Gasteiger partial charge in [0.2, 0.25) is 5.43 Å². The molecule has 0 bridgehead atoms. The fraction of sp³-hybridized carbons (Fsp3) is 0.318. The monoisotopic (exact) mass is 336 g/mol. The predicted octanol–water partition coefficient (Wildman–Crippen LogP) is 5.46. The number of rotatable bonds is 4. The van der Waals surface area contributed by atoms with E-state index in [-0.39, 0.29) is 5.43 Å². The molecule has 0 aliphatic rings. The Balaban J connectivity index is 2.24. The van der Waals surface area contributed by atoms with Crippen molar-refractivity contribution in [1.29, 1.82) is 0 Å². The van der Waals surface area contributed by atoms with Gasteiger partial charge in [0.05, 0.1) is 18.1 Å². The molecular formula is C22H24O3. The minimum absolute atomic E-state index is 0.00778. The topological polar surface area (TPSA) is 39.4 Å². The minimum atomic E-state index is 0.00778. The summed E-state index contributed by atoms with van der Waals surface area (Å²) in [4.78, 5) is 13.1. The predicted molar refractivity (Wildman–Crippen MR) is 103 cm³/mol. The van der Waals surface area contributed by atoms with Gasteiger partial charge in [0.15, 0.2) is 0 Å². The van der Waals surface area contributed by atoms with Crippen molar-refractivity contribution in [3.05, 3.63) is 63.5 Å². The van der Waals surface area contributed by atoms with Gasteiger partial charge in [-0.2, -0.15) is 0 Å². The molecule has 0 spiro atoms. The number of methoxy groups -OCH3 is 1. The first-order valence-corrected chi connectivity index (χ1v) is 8.70. The molecule has 0 fully saturated rings. The van der Waals surface area contributed by atoms with Crippen molar-refractivity contribution < 1.29 is 9.15 Å². The molecule has 0 N–H and O–H groups in total. The first-order chi connectivity index (χ1) is 12.0. The Morgan fingerprint density at radius 2 is 1.80 bits per heavy atom. The molecule has 0 radical (unpaired) electrons. The highest BCUT2D eigenvalue weighted by Crippen LogP contribution is 2.29. The molecule has 0 amide bonds. The number of ether oxygens (including phenoxy) is 1. The van der Waals surface area contributed by atoms with E-state index in [0.717, 1.165) is 23.3 Å². The third-order valence-electron chi connectivity index (χ3n) is 4.72. The van der Waals surface area contributed by atoms with Crippen molar-refractivity contribution in [2.75, 3.05) is 7.11 Å². The number of hydrogen-bond donors (Lipinski definition) is 0. The van der Waals surface area contributed by atoms with Crippen LogP contribution in [0.5, 0.6) is 5.75 Å². The Hall–Kier alpha value is -2.55. The van der Waals surface area contributed by atoms with Crippen molar-refractivity contribution in [1.82, 2.24) is 0 Å². The highest BCUT2D eigenvalue weighted by atomic mass is 16.5. The van der Waals surface area contributed by atoms with Crippen molar-refractivity contribution in [3.63, 3.8) is 0 Å². The SMILES string of the molecule is CCc1cc2c(=O)c(-c3ccc(C(C)C)cc3)c(C)oc2cc1OC. The van der Waals surface area contributed by atoms with Crippen LogP contribution in [0.2, 0.25) is 0 Å². The fourth-order valence-electron chi connectivity index (χ4n) is 3.21. The number of aryl methyl sites for hydroxylation is 2. The number of benzene rings is 2. The summed E-state index contributed by atoms with van der Waals surface area (Å²) >= 11 is 0. The first-order valence-electron chi connectivity index (χ1n) is 8.70. The highest BCUT2D eigenvalue weighted by Gasteiger charge is 2.16. The molecule has 3 aromatic rings. The summed E-state index contributed by atoms with van der Waals surface area (Å²) in [5.74, 6) is 1.84. The van der Waals surface area contributed by atoms with Crippen LogP contribution in [-0.4, -0.2) is 7.11 Å². The Morgan fingerprint density at radius 1 is 1.12 bits per heavy atom. The average molecular weight is 336 g/mol. The van der Waals surface area contributed by atoms with E-state index in [4.69, 9.17) is 9.15 Å². The lowest BCUT2D eigenvalue weighted by Gasteiger charge is -2.12. The molecule has 1 aromatic heterocycles. The van der Waals surface area contributed by atoms with Gasteiger partial charge in [-0.3, -0.25) is 4.79 Å². The second-order valence-electron chi connectivity index (χ2n) is 6.65. The van der Waals surface area contributed by atoms with E-state index in [1.165, 1.54) is 5.56 Å². The van der Waals surface area contributed by atoms with Gasteiger partial charge in [0, 0.05) is 6.07 Å². The smallest absolute Gasteiger partial charge is 0.200 e. The zero-order valence-corrected chi connectivity index (χ0v) is 15.5. The minimum Gasteiger partial charge on any atom is -0.496 e. The van der Waals surface area contributed by atoms with E-state index < -0.39 is 0 Å². The van der Waals surface area contributed by atoms with E-state index >= 15 is 0 Å². The summed E-state index contributed by atoms with van der Waals surface area (Å²) in [5, 5.41) is 0.603. The molecule has 0 aliphatic heterocycles. The van der Waals surface area contributed by atoms with E-state index in [2.05, 4.69) is 26.0 Å². The summed E-state index contributed by atoms with van der Waals surface area (Å²) < 4.78 is 11.4. The molecule has 0 aliphatic carbocycles. The average Bonchev–Trinajstić information content (AvgIpc) is 2.61. The maximum absolute atomic E-state index is 13.1. The summed E-state index contributed by atoms with van der Waals surface area (Å²) in [6, 6.07) is 11.9. The maximum atomic E-state index is 13.1. The number of hydrogen-bond acceptors (Lipinski definition) is 3. The third kappa shape index (κ3) is 3.07. The van der Waals surface area contributed by atoms with Gasteiger partial charge in [-0.1, -0.05) is 45.0 Å². The van der Waals surface area contributed by atoms with Crippen LogP contribution in [0, 0.1) is 6.92 Å². The maximum Gasteiger partial charge on any atom is 0.200 e. The normalized spacial score (nSPS) is 11.3. The van der Waals surface area contributed by atoms with Gasteiger partial charge in [0.1, 0.15) is 17.1 Å². The summed E-state index contributed by atoms with van der Waals surface area (Å²) in [7, 11) is 1.63. The number of fused-ring (bicyclic) bond motifs is 1. The summed E-state index contributed by atoms with van der Waals surface area (Å²) in [6.45, 7) is 8.20. The van der Waals surface area contributed by atoms with Crippen molar-refractivity contribution in [2.45, 2.75) is 40.0 Å². The molecule has 130 valence electrons. The zero-order valence-electron chi connectivity index (χ0n) is 15.5. The van der Waals surface area contributed by atoms with E-state index in [9.17, 15) is 4.79 Å². The summed E-state index contributed by atoms with van der Waals surface area (Å²) in [6.07, 6.45) is 0.796. The molecular weight excluding hydrogens is 312 g/mol. The van der Waals surface area contributed by atoms with Crippen molar-refractivity contribution >= 4 is 11.0 Å². The lowest BCUT2D eigenvalue weighted by atomic mass is 9.97. The molecule has 3 nitrogen and oxygen atoms in total. The molecule has 25 heavy (non-hydrogen) atoms. The molecule has 0 saturated carbocycles. The summed E-state index contributed by atoms with van der Waals surface area (Å²) in [5.41, 5.74) is 4.37. The standard InChI is InChI=1S/C22H24O3/c1-6-15-11-18-20(12-19(15)24-5)25-14(4)21(22(18)23)17-9-7-16(8-10-17)13(2)3/h7-13H,6H2,1-5H3. The van der Waals surface area contributed by atoms with Crippen LogP contribution < -0.4 is 10.2 Å². The van der Waals surface area contributed by atoms with Crippen LogP contribution in [0.3, 0.4) is 0 Å². The first kappa shape index (κ1) is 17.3. The quantitative estimate of drug-likeness (QED) is 0.635. The van der Waals surface area contributed by atoms with Crippen LogP contribution in [-0.2, 0) is 6.42 Å². The van der Waals surface area contributed by atoms with Gasteiger partial charge < -0.3 is 9.15 Å². The molecule has 2 aromatic carbocycles. The second-order valence-corrected chi connectivity index (χ2v) is 6.65. The largest absolute Gasteiger partial charge is 0.496 e. The van der Waals surface area contributed by atoms with Crippen LogP contribution in [0.25, 0.3) is 22.1 Å². The fourth-order valence-corrected chi connectivity index (χ4v) is 3.21.